The van der Waals surface area contributed by atoms with Crippen LogP contribution in [0.3, 0.4) is 0 Å². The van der Waals surface area contributed by atoms with E-state index in [-0.39, 0.29) is 4.90 Å². The fraction of sp³-hybridized carbons (Fsp3) is 0.0870. The van der Waals surface area contributed by atoms with Crippen LogP contribution in [0.15, 0.2) is 90.2 Å². The zero-order valence-corrected chi connectivity index (χ0v) is 17.1. The van der Waals surface area contributed by atoms with Crippen molar-refractivity contribution < 1.29 is 13.2 Å². The molecule has 5 aromatic rings. The Kier molecular flexibility index (Phi) is 4.33. The Morgan fingerprint density at radius 2 is 1.73 bits per heavy atom. The Morgan fingerprint density at radius 1 is 0.933 bits per heavy atom. The van der Waals surface area contributed by atoms with Gasteiger partial charge in [-0.25, -0.2) is 17.4 Å². The second-order valence-corrected chi connectivity index (χ2v) is 8.86. The van der Waals surface area contributed by atoms with Crippen LogP contribution < -0.4 is 4.74 Å². The van der Waals surface area contributed by atoms with Gasteiger partial charge in [0, 0.05) is 35.9 Å². The van der Waals surface area contributed by atoms with Gasteiger partial charge in [-0.05, 0) is 60.2 Å². The summed E-state index contributed by atoms with van der Waals surface area (Å²) >= 11 is 0. The van der Waals surface area contributed by atoms with E-state index in [1.165, 1.54) is 3.97 Å². The first kappa shape index (κ1) is 18.4. The number of benzene rings is 2. The molecule has 3 aromatic heterocycles. The zero-order chi connectivity index (χ0) is 20.7. The third-order valence-electron chi connectivity index (χ3n) is 5.22. The second kappa shape index (κ2) is 7.03. The highest BCUT2D eigenvalue weighted by Crippen LogP contribution is 2.26. The topological polar surface area (TPSA) is 66.1 Å². The molecule has 0 aliphatic carbocycles. The molecular weight excluding hydrogens is 398 g/mol. The minimum atomic E-state index is -3.70. The molecule has 30 heavy (non-hydrogen) atoms. The molecular formula is C23H19N3O3S. The van der Waals surface area contributed by atoms with E-state index in [4.69, 9.17) is 4.74 Å². The van der Waals surface area contributed by atoms with Crippen molar-refractivity contribution in [2.45, 2.75) is 11.4 Å². The Morgan fingerprint density at radius 3 is 2.53 bits per heavy atom. The lowest BCUT2D eigenvalue weighted by Gasteiger charge is -2.10. The second-order valence-electron chi connectivity index (χ2n) is 7.05. The highest BCUT2D eigenvalue weighted by atomic mass is 32.2. The third kappa shape index (κ3) is 3.04. The molecule has 0 unspecified atom stereocenters. The maximum atomic E-state index is 13.2. The van der Waals surface area contributed by atoms with E-state index in [1.54, 1.807) is 49.8 Å². The normalized spacial score (nSPS) is 11.9. The molecule has 0 saturated carbocycles. The van der Waals surface area contributed by atoms with Gasteiger partial charge in [0.1, 0.15) is 11.4 Å². The predicted molar refractivity (Wildman–Crippen MR) is 116 cm³/mol. The lowest BCUT2D eigenvalue weighted by molar-refractivity contribution is 0.415. The summed E-state index contributed by atoms with van der Waals surface area (Å²) in [6.45, 7) is 0.618. The van der Waals surface area contributed by atoms with Crippen LogP contribution in [0.5, 0.6) is 5.75 Å². The van der Waals surface area contributed by atoms with Gasteiger partial charge in [0.05, 0.1) is 17.5 Å². The maximum Gasteiger partial charge on any atom is 0.268 e. The molecule has 7 heteroatoms. The predicted octanol–water partition coefficient (Wildman–Crippen LogP) is 4.28. The molecule has 0 fully saturated rings. The van der Waals surface area contributed by atoms with Crippen molar-refractivity contribution in [3.63, 3.8) is 0 Å². The summed E-state index contributed by atoms with van der Waals surface area (Å²) < 4.78 is 34.9. The van der Waals surface area contributed by atoms with Crippen LogP contribution in [-0.2, 0) is 16.6 Å². The van der Waals surface area contributed by atoms with Gasteiger partial charge in [-0.3, -0.25) is 0 Å². The summed E-state index contributed by atoms with van der Waals surface area (Å²) in [5.41, 5.74) is 2.52. The molecule has 0 aliphatic rings. The molecule has 0 N–H and O–H groups in total. The third-order valence-corrected chi connectivity index (χ3v) is 6.92. The monoisotopic (exact) mass is 417 g/mol. The number of nitrogens with zero attached hydrogens (tertiary/aromatic N) is 3. The van der Waals surface area contributed by atoms with Gasteiger partial charge in [0.2, 0.25) is 0 Å². The average molecular weight is 417 g/mol. The Bertz CT molecular complexity index is 1460. The molecule has 0 saturated heterocycles. The van der Waals surface area contributed by atoms with Gasteiger partial charge in [0.15, 0.2) is 0 Å². The van der Waals surface area contributed by atoms with Crippen molar-refractivity contribution in [3.05, 3.63) is 90.9 Å². The molecule has 3 heterocycles. The van der Waals surface area contributed by atoms with Crippen molar-refractivity contribution in [2.75, 3.05) is 7.11 Å². The maximum absolute atomic E-state index is 13.2. The molecule has 150 valence electrons. The largest absolute Gasteiger partial charge is 0.497 e. The highest BCUT2D eigenvalue weighted by molar-refractivity contribution is 7.90. The summed E-state index contributed by atoms with van der Waals surface area (Å²) in [5, 5.41) is 1.88. The van der Waals surface area contributed by atoms with Crippen molar-refractivity contribution in [1.29, 1.82) is 0 Å². The molecule has 2 aromatic carbocycles. The van der Waals surface area contributed by atoms with E-state index in [1.807, 2.05) is 47.2 Å². The fourth-order valence-corrected chi connectivity index (χ4v) is 5.01. The number of fused-ring (bicyclic) bond motifs is 2. The first-order valence-corrected chi connectivity index (χ1v) is 10.9. The Hall–Kier alpha value is -3.58. The molecule has 0 bridgehead atoms. The standard InChI is InChI=1S/C23H19N3O3S/c1-29-20-6-9-22-19(15-20)11-14-26(22)30(27,28)21-7-4-17(5-8-21)16-25-13-10-18-3-2-12-24-23(18)25/h2-15H,16H2,1H3. The van der Waals surface area contributed by atoms with Gasteiger partial charge in [-0.15, -0.1) is 0 Å². The van der Waals surface area contributed by atoms with Gasteiger partial charge in [0.25, 0.3) is 10.0 Å². The summed E-state index contributed by atoms with van der Waals surface area (Å²) in [6, 6.07) is 20.0. The van der Waals surface area contributed by atoms with E-state index >= 15 is 0 Å². The minimum absolute atomic E-state index is 0.245. The van der Waals surface area contributed by atoms with E-state index in [0.717, 1.165) is 22.0 Å². The number of pyridine rings is 1. The Balaban J connectivity index is 1.46. The molecule has 0 atom stereocenters. The SMILES string of the molecule is COc1ccc2c(ccn2S(=O)(=O)c2ccc(Cn3ccc4cccnc43)cc2)c1. The summed E-state index contributed by atoms with van der Waals surface area (Å²) in [7, 11) is -2.11. The molecule has 0 aliphatic heterocycles. The molecule has 0 spiro atoms. The summed E-state index contributed by atoms with van der Waals surface area (Å²) in [6.07, 6.45) is 5.33. The quantitative estimate of drug-likeness (QED) is 0.428. The van der Waals surface area contributed by atoms with Crippen molar-refractivity contribution in [2.24, 2.45) is 0 Å². The molecule has 0 amide bonds. The molecule has 0 radical (unpaired) electrons. The van der Waals surface area contributed by atoms with E-state index in [9.17, 15) is 8.42 Å². The van der Waals surface area contributed by atoms with Gasteiger partial charge in [-0.1, -0.05) is 12.1 Å². The van der Waals surface area contributed by atoms with Crippen LogP contribution in [0.2, 0.25) is 0 Å². The lowest BCUT2D eigenvalue weighted by atomic mass is 10.2. The summed E-state index contributed by atoms with van der Waals surface area (Å²) in [4.78, 5) is 4.67. The lowest BCUT2D eigenvalue weighted by Crippen LogP contribution is -2.12. The molecule has 5 rings (SSSR count). The van der Waals surface area contributed by atoms with Crippen molar-refractivity contribution >= 4 is 32.0 Å². The molecule has 6 nitrogen and oxygen atoms in total. The number of hydrogen-bond donors (Lipinski definition) is 0. The van der Waals surface area contributed by atoms with Crippen LogP contribution in [0.1, 0.15) is 5.56 Å². The van der Waals surface area contributed by atoms with E-state index < -0.39 is 10.0 Å². The number of ether oxygens (including phenoxy) is 1. The van der Waals surface area contributed by atoms with E-state index in [0.29, 0.717) is 17.8 Å². The first-order valence-electron chi connectivity index (χ1n) is 9.46. The van der Waals surface area contributed by atoms with Gasteiger partial charge < -0.3 is 9.30 Å². The number of hydrogen-bond acceptors (Lipinski definition) is 4. The first-order chi connectivity index (χ1) is 14.6. The number of methoxy groups -OCH3 is 1. The van der Waals surface area contributed by atoms with Crippen LogP contribution in [-0.4, -0.2) is 29.1 Å². The van der Waals surface area contributed by atoms with Gasteiger partial charge >= 0.3 is 0 Å². The van der Waals surface area contributed by atoms with Gasteiger partial charge in [-0.2, -0.15) is 0 Å². The van der Waals surface area contributed by atoms with Crippen molar-refractivity contribution in [1.82, 2.24) is 13.5 Å². The fourth-order valence-electron chi connectivity index (χ4n) is 3.66. The summed E-state index contributed by atoms with van der Waals surface area (Å²) in [5.74, 6) is 0.689. The number of aromatic nitrogens is 3. The minimum Gasteiger partial charge on any atom is -0.497 e. The van der Waals surface area contributed by atoms with Crippen LogP contribution in [0, 0.1) is 0 Å². The zero-order valence-electron chi connectivity index (χ0n) is 16.3. The Labute approximate surface area is 174 Å². The smallest absolute Gasteiger partial charge is 0.268 e. The van der Waals surface area contributed by atoms with Crippen LogP contribution in [0.4, 0.5) is 0 Å². The average Bonchev–Trinajstić information content (AvgIpc) is 3.38. The highest BCUT2D eigenvalue weighted by Gasteiger charge is 2.19. The van der Waals surface area contributed by atoms with Crippen molar-refractivity contribution in [3.8, 4) is 5.75 Å². The van der Waals surface area contributed by atoms with Crippen LogP contribution >= 0.6 is 0 Å². The van der Waals surface area contributed by atoms with Crippen LogP contribution in [0.25, 0.3) is 21.9 Å². The number of rotatable bonds is 5. The van der Waals surface area contributed by atoms with E-state index in [2.05, 4.69) is 4.98 Å².